The first-order valence-corrected chi connectivity index (χ1v) is 5.84. The summed E-state index contributed by atoms with van der Waals surface area (Å²) in [6.45, 7) is 1.93. The molecule has 0 saturated heterocycles. The molecule has 1 aromatic carbocycles. The fourth-order valence-corrected chi connectivity index (χ4v) is 2.28. The molecule has 0 radical (unpaired) electrons. The monoisotopic (exact) mass is 246 g/mol. The Labute approximate surface area is 104 Å². The number of nitrogens with two attached hydrogens (primary N) is 1. The Morgan fingerprint density at radius 2 is 2.06 bits per heavy atom. The van der Waals surface area contributed by atoms with Gasteiger partial charge in [-0.1, -0.05) is 25.5 Å². The van der Waals surface area contributed by atoms with Gasteiger partial charge >= 0.3 is 0 Å². The molecule has 0 spiro atoms. The highest BCUT2D eigenvalue weighted by atomic mass is 16.2. The molecule has 5 heteroatoms. The Balaban J connectivity index is 2.55. The lowest BCUT2D eigenvalue weighted by atomic mass is 9.88. The molecule has 1 aliphatic heterocycles. The standard InChI is InChI=1S/C13H14N2O3/c1-2-4-8(11(14)16)7-5-3-6-9-10(7)13(18)15-12(9)17/h3,5-6,8H,2,4H2,1H3,(H2,14,16)(H,15,17,18). The fourth-order valence-electron chi connectivity index (χ4n) is 2.28. The van der Waals surface area contributed by atoms with Crippen molar-refractivity contribution in [2.24, 2.45) is 5.73 Å². The van der Waals surface area contributed by atoms with Crippen molar-refractivity contribution < 1.29 is 14.4 Å². The molecule has 0 bridgehead atoms. The third kappa shape index (κ3) is 1.88. The largest absolute Gasteiger partial charge is 0.369 e. The normalized spacial score (nSPS) is 15.2. The van der Waals surface area contributed by atoms with Gasteiger partial charge in [-0.05, 0) is 18.1 Å². The van der Waals surface area contributed by atoms with Gasteiger partial charge in [0.05, 0.1) is 17.0 Å². The first kappa shape index (κ1) is 12.3. The molecule has 18 heavy (non-hydrogen) atoms. The van der Waals surface area contributed by atoms with Gasteiger partial charge in [-0.2, -0.15) is 0 Å². The second kappa shape index (κ2) is 4.60. The molecule has 1 aliphatic rings. The summed E-state index contributed by atoms with van der Waals surface area (Å²) in [5.74, 6) is -1.87. The Bertz CT molecular complexity index is 537. The number of hydrogen-bond acceptors (Lipinski definition) is 3. The van der Waals surface area contributed by atoms with Crippen molar-refractivity contribution >= 4 is 17.7 Å². The minimum absolute atomic E-state index is 0.291. The molecule has 1 atom stereocenters. The zero-order valence-corrected chi connectivity index (χ0v) is 10.0. The van der Waals surface area contributed by atoms with E-state index < -0.39 is 23.6 Å². The molecule has 0 fully saturated rings. The van der Waals surface area contributed by atoms with E-state index in [9.17, 15) is 14.4 Å². The van der Waals surface area contributed by atoms with Gasteiger partial charge in [0.25, 0.3) is 11.8 Å². The van der Waals surface area contributed by atoms with E-state index >= 15 is 0 Å². The molecule has 0 aromatic heterocycles. The van der Waals surface area contributed by atoms with Crippen molar-refractivity contribution in [3.8, 4) is 0 Å². The zero-order chi connectivity index (χ0) is 13.3. The third-order valence-electron chi connectivity index (χ3n) is 3.09. The van der Waals surface area contributed by atoms with Gasteiger partial charge < -0.3 is 5.73 Å². The van der Waals surface area contributed by atoms with E-state index in [-0.39, 0.29) is 0 Å². The molecule has 1 unspecified atom stereocenters. The van der Waals surface area contributed by atoms with E-state index in [2.05, 4.69) is 5.32 Å². The lowest BCUT2D eigenvalue weighted by Gasteiger charge is -2.15. The van der Waals surface area contributed by atoms with Crippen molar-refractivity contribution in [3.05, 3.63) is 34.9 Å². The lowest BCUT2D eigenvalue weighted by Crippen LogP contribution is -2.24. The Kier molecular flexibility index (Phi) is 3.14. The SMILES string of the molecule is CCCC(C(N)=O)c1cccc2c1C(=O)NC2=O. The van der Waals surface area contributed by atoms with Crippen LogP contribution in [0.2, 0.25) is 0 Å². The van der Waals surface area contributed by atoms with E-state index in [1.54, 1.807) is 18.2 Å². The third-order valence-corrected chi connectivity index (χ3v) is 3.09. The molecule has 5 nitrogen and oxygen atoms in total. The average molecular weight is 246 g/mol. The number of benzene rings is 1. The molecular formula is C13H14N2O3. The number of rotatable bonds is 4. The molecule has 0 aliphatic carbocycles. The predicted octanol–water partition coefficient (Wildman–Crippen LogP) is 0.939. The highest BCUT2D eigenvalue weighted by Gasteiger charge is 2.32. The van der Waals surface area contributed by atoms with Crippen LogP contribution in [0.3, 0.4) is 0 Å². The number of hydrogen-bond donors (Lipinski definition) is 2. The number of primary amides is 1. The molecule has 1 aromatic rings. The maximum atomic E-state index is 11.7. The predicted molar refractivity (Wildman–Crippen MR) is 65.1 cm³/mol. The van der Waals surface area contributed by atoms with Crippen LogP contribution in [-0.2, 0) is 4.79 Å². The van der Waals surface area contributed by atoms with Crippen molar-refractivity contribution in [1.29, 1.82) is 0 Å². The van der Waals surface area contributed by atoms with E-state index in [1.165, 1.54) is 0 Å². The van der Waals surface area contributed by atoms with Gasteiger partial charge in [-0.25, -0.2) is 0 Å². The molecular weight excluding hydrogens is 232 g/mol. The van der Waals surface area contributed by atoms with Gasteiger partial charge in [-0.15, -0.1) is 0 Å². The lowest BCUT2D eigenvalue weighted by molar-refractivity contribution is -0.119. The van der Waals surface area contributed by atoms with Crippen LogP contribution < -0.4 is 11.1 Å². The number of carbonyl (C=O) groups excluding carboxylic acids is 3. The molecule has 2 rings (SSSR count). The van der Waals surface area contributed by atoms with E-state index in [0.717, 1.165) is 6.42 Å². The fraction of sp³-hybridized carbons (Fsp3) is 0.308. The molecule has 3 N–H and O–H groups in total. The molecule has 0 saturated carbocycles. The summed E-state index contributed by atoms with van der Waals surface area (Å²) in [4.78, 5) is 34.8. The second-order valence-electron chi connectivity index (χ2n) is 4.30. The highest BCUT2D eigenvalue weighted by Crippen LogP contribution is 2.29. The smallest absolute Gasteiger partial charge is 0.259 e. The van der Waals surface area contributed by atoms with Crippen LogP contribution in [0.5, 0.6) is 0 Å². The minimum atomic E-state index is -0.526. The quantitative estimate of drug-likeness (QED) is 0.775. The van der Waals surface area contributed by atoms with Crippen LogP contribution in [0.4, 0.5) is 0 Å². The second-order valence-corrected chi connectivity index (χ2v) is 4.30. The number of nitrogens with one attached hydrogen (secondary N) is 1. The molecule has 1 heterocycles. The number of imide groups is 1. The summed E-state index contributed by atoms with van der Waals surface area (Å²) in [5.41, 5.74) is 6.53. The van der Waals surface area contributed by atoms with E-state index in [4.69, 9.17) is 5.73 Å². The van der Waals surface area contributed by atoms with Crippen LogP contribution >= 0.6 is 0 Å². The molecule has 94 valence electrons. The molecule has 3 amide bonds. The van der Waals surface area contributed by atoms with Crippen LogP contribution in [0.15, 0.2) is 18.2 Å². The van der Waals surface area contributed by atoms with Gasteiger partial charge in [0, 0.05) is 0 Å². The number of carbonyl (C=O) groups is 3. The Morgan fingerprint density at radius 3 is 2.67 bits per heavy atom. The Hall–Kier alpha value is -2.17. The van der Waals surface area contributed by atoms with Crippen LogP contribution in [0, 0.1) is 0 Å². The van der Waals surface area contributed by atoms with Crippen molar-refractivity contribution in [2.75, 3.05) is 0 Å². The zero-order valence-electron chi connectivity index (χ0n) is 10.0. The van der Waals surface area contributed by atoms with Crippen molar-refractivity contribution in [3.63, 3.8) is 0 Å². The average Bonchev–Trinajstić information content (AvgIpc) is 2.62. The summed E-state index contributed by atoms with van der Waals surface area (Å²) < 4.78 is 0. The van der Waals surface area contributed by atoms with E-state index in [1.807, 2.05) is 6.92 Å². The number of amides is 3. The van der Waals surface area contributed by atoms with Gasteiger partial charge in [-0.3, -0.25) is 19.7 Å². The maximum absolute atomic E-state index is 11.7. The van der Waals surface area contributed by atoms with Gasteiger partial charge in [0.1, 0.15) is 0 Å². The van der Waals surface area contributed by atoms with E-state index in [0.29, 0.717) is 23.1 Å². The summed E-state index contributed by atoms with van der Waals surface area (Å²) >= 11 is 0. The first-order valence-electron chi connectivity index (χ1n) is 5.84. The van der Waals surface area contributed by atoms with Crippen molar-refractivity contribution in [1.82, 2.24) is 5.32 Å². The minimum Gasteiger partial charge on any atom is -0.369 e. The Morgan fingerprint density at radius 1 is 1.33 bits per heavy atom. The van der Waals surface area contributed by atoms with Crippen molar-refractivity contribution in [2.45, 2.75) is 25.7 Å². The van der Waals surface area contributed by atoms with Crippen LogP contribution in [0.1, 0.15) is 52.0 Å². The maximum Gasteiger partial charge on any atom is 0.259 e. The highest BCUT2D eigenvalue weighted by molar-refractivity contribution is 6.22. The van der Waals surface area contributed by atoms with Crippen LogP contribution in [-0.4, -0.2) is 17.7 Å². The van der Waals surface area contributed by atoms with Crippen LogP contribution in [0.25, 0.3) is 0 Å². The van der Waals surface area contributed by atoms with Gasteiger partial charge in [0.2, 0.25) is 5.91 Å². The first-order chi connectivity index (χ1) is 8.56. The summed E-state index contributed by atoms with van der Waals surface area (Å²) in [6, 6.07) is 4.92. The van der Waals surface area contributed by atoms with Gasteiger partial charge in [0.15, 0.2) is 0 Å². The topological polar surface area (TPSA) is 89.3 Å². The summed E-state index contributed by atoms with van der Waals surface area (Å²) in [7, 11) is 0. The summed E-state index contributed by atoms with van der Waals surface area (Å²) in [5, 5.41) is 2.23. The summed E-state index contributed by atoms with van der Waals surface area (Å²) in [6.07, 6.45) is 1.33. The number of fused-ring (bicyclic) bond motifs is 1.